The molecular weight excluding hydrogens is 340 g/mol. The molecule has 0 bridgehead atoms. The summed E-state index contributed by atoms with van der Waals surface area (Å²) >= 11 is 0. The molecule has 0 unspecified atom stereocenters. The van der Waals surface area contributed by atoms with Crippen molar-refractivity contribution in [1.29, 1.82) is 0 Å². The normalized spacial score (nSPS) is 12.1. The molecule has 1 aromatic carbocycles. The Morgan fingerprint density at radius 3 is 1.64 bits per heavy atom. The van der Waals surface area contributed by atoms with E-state index in [9.17, 15) is 0 Å². The standard InChI is InChI=1S/C27H46O/c1-27(2,26-22-18-17-19-23-26)24-20-15-13-11-9-7-5-3-4-6-8-10-12-14-16-21-25-28/h3-4,17-19,22-23,28H,5-16,20-21,24-25H2,1-2H3. The molecule has 0 saturated heterocycles. The zero-order valence-electron chi connectivity index (χ0n) is 18.8. The molecule has 160 valence electrons. The minimum atomic E-state index is 0.311. The molecule has 0 aliphatic heterocycles. The van der Waals surface area contributed by atoms with Gasteiger partial charge in [-0.1, -0.05) is 114 Å². The van der Waals surface area contributed by atoms with E-state index in [0.29, 0.717) is 12.0 Å². The third-order valence-corrected chi connectivity index (χ3v) is 5.92. The highest BCUT2D eigenvalue weighted by Gasteiger charge is 2.19. The molecule has 0 saturated carbocycles. The molecule has 0 aliphatic rings. The van der Waals surface area contributed by atoms with Gasteiger partial charge >= 0.3 is 0 Å². The average Bonchev–Trinajstić information content (AvgIpc) is 2.71. The van der Waals surface area contributed by atoms with Gasteiger partial charge in [-0.2, -0.15) is 0 Å². The lowest BCUT2D eigenvalue weighted by atomic mass is 9.80. The molecule has 0 amide bonds. The number of aliphatic hydroxyl groups is 1. The number of allylic oxidation sites excluding steroid dienone is 2. The molecule has 1 N–H and O–H groups in total. The quantitative estimate of drug-likeness (QED) is 0.198. The summed E-state index contributed by atoms with van der Waals surface area (Å²) in [5.74, 6) is 0. The van der Waals surface area contributed by atoms with Gasteiger partial charge in [0.15, 0.2) is 0 Å². The van der Waals surface area contributed by atoms with Crippen molar-refractivity contribution < 1.29 is 5.11 Å². The molecule has 1 heteroatoms. The van der Waals surface area contributed by atoms with Crippen LogP contribution in [-0.2, 0) is 5.41 Å². The summed E-state index contributed by atoms with van der Waals surface area (Å²) in [6.45, 7) is 5.12. The number of hydrogen-bond donors (Lipinski definition) is 1. The van der Waals surface area contributed by atoms with Gasteiger partial charge in [0, 0.05) is 6.61 Å². The van der Waals surface area contributed by atoms with Crippen molar-refractivity contribution in [2.75, 3.05) is 6.61 Å². The van der Waals surface area contributed by atoms with Crippen LogP contribution in [0.5, 0.6) is 0 Å². The second-order valence-corrected chi connectivity index (χ2v) is 9.01. The molecule has 0 aromatic heterocycles. The van der Waals surface area contributed by atoms with Crippen LogP contribution in [0.1, 0.15) is 116 Å². The number of benzene rings is 1. The largest absolute Gasteiger partial charge is 0.396 e. The first-order valence-electron chi connectivity index (χ1n) is 12.0. The Bertz CT molecular complexity index is 474. The van der Waals surface area contributed by atoms with Gasteiger partial charge in [0.2, 0.25) is 0 Å². The lowest BCUT2D eigenvalue weighted by Crippen LogP contribution is -2.16. The summed E-state index contributed by atoms with van der Waals surface area (Å²) in [4.78, 5) is 0. The van der Waals surface area contributed by atoms with Crippen molar-refractivity contribution in [2.24, 2.45) is 0 Å². The van der Waals surface area contributed by atoms with E-state index in [2.05, 4.69) is 56.3 Å². The van der Waals surface area contributed by atoms with Crippen molar-refractivity contribution in [3.63, 3.8) is 0 Å². The molecule has 0 heterocycles. The van der Waals surface area contributed by atoms with Crippen molar-refractivity contribution in [1.82, 2.24) is 0 Å². The van der Waals surface area contributed by atoms with Crippen molar-refractivity contribution in [2.45, 2.75) is 116 Å². The Kier molecular flexibility index (Phi) is 15.0. The van der Waals surface area contributed by atoms with Crippen molar-refractivity contribution in [3.05, 3.63) is 48.0 Å². The van der Waals surface area contributed by atoms with Gasteiger partial charge in [0.1, 0.15) is 0 Å². The fourth-order valence-corrected chi connectivity index (χ4v) is 3.89. The van der Waals surface area contributed by atoms with Gasteiger partial charge in [-0.3, -0.25) is 0 Å². The van der Waals surface area contributed by atoms with Crippen LogP contribution in [0.3, 0.4) is 0 Å². The maximum Gasteiger partial charge on any atom is 0.0431 e. The van der Waals surface area contributed by atoms with E-state index in [1.54, 1.807) is 0 Å². The molecule has 0 atom stereocenters. The first-order valence-corrected chi connectivity index (χ1v) is 12.0. The number of unbranched alkanes of at least 4 members (excludes halogenated alkanes) is 12. The Hall–Kier alpha value is -1.08. The van der Waals surface area contributed by atoms with E-state index in [4.69, 9.17) is 5.11 Å². The fraction of sp³-hybridized carbons (Fsp3) is 0.704. The zero-order valence-corrected chi connectivity index (χ0v) is 18.8. The molecule has 0 spiro atoms. The monoisotopic (exact) mass is 386 g/mol. The van der Waals surface area contributed by atoms with Crippen LogP contribution in [0.2, 0.25) is 0 Å². The predicted molar refractivity (Wildman–Crippen MR) is 125 cm³/mol. The minimum absolute atomic E-state index is 0.311. The maximum atomic E-state index is 8.74. The summed E-state index contributed by atoms with van der Waals surface area (Å²) in [6, 6.07) is 11.0. The Balaban J connectivity index is 1.86. The number of rotatable bonds is 18. The van der Waals surface area contributed by atoms with Crippen LogP contribution < -0.4 is 0 Å². The van der Waals surface area contributed by atoms with Gasteiger partial charge in [-0.25, -0.2) is 0 Å². The van der Waals surface area contributed by atoms with E-state index < -0.39 is 0 Å². The third-order valence-electron chi connectivity index (χ3n) is 5.92. The van der Waals surface area contributed by atoms with Crippen molar-refractivity contribution >= 4 is 0 Å². The van der Waals surface area contributed by atoms with E-state index >= 15 is 0 Å². The molecule has 1 rings (SSSR count). The Labute approximate surface area is 175 Å². The second-order valence-electron chi connectivity index (χ2n) is 9.01. The highest BCUT2D eigenvalue weighted by atomic mass is 16.2. The van der Waals surface area contributed by atoms with Gasteiger partial charge in [0.25, 0.3) is 0 Å². The molecule has 28 heavy (non-hydrogen) atoms. The molecule has 0 aliphatic carbocycles. The Morgan fingerprint density at radius 2 is 1.11 bits per heavy atom. The third kappa shape index (κ3) is 13.2. The van der Waals surface area contributed by atoms with Crippen LogP contribution in [0.4, 0.5) is 0 Å². The lowest BCUT2D eigenvalue weighted by Gasteiger charge is -2.25. The highest BCUT2D eigenvalue weighted by molar-refractivity contribution is 5.23. The molecule has 0 radical (unpaired) electrons. The first-order chi connectivity index (χ1) is 13.7. The van der Waals surface area contributed by atoms with Gasteiger partial charge in [-0.15, -0.1) is 0 Å². The zero-order chi connectivity index (χ0) is 20.3. The van der Waals surface area contributed by atoms with E-state index in [-0.39, 0.29) is 0 Å². The average molecular weight is 387 g/mol. The van der Waals surface area contributed by atoms with Gasteiger partial charge in [0.05, 0.1) is 0 Å². The van der Waals surface area contributed by atoms with Crippen LogP contribution in [-0.4, -0.2) is 11.7 Å². The topological polar surface area (TPSA) is 20.2 Å². The highest BCUT2D eigenvalue weighted by Crippen LogP contribution is 2.29. The summed E-state index contributed by atoms with van der Waals surface area (Å²) in [5, 5.41) is 8.74. The van der Waals surface area contributed by atoms with Crippen LogP contribution in [0.15, 0.2) is 42.5 Å². The molecule has 1 aromatic rings. The van der Waals surface area contributed by atoms with Gasteiger partial charge < -0.3 is 5.11 Å². The SMILES string of the molecule is CC(C)(CCCCCCCCC=CCCCCCCCCO)c1ccccc1. The summed E-state index contributed by atoms with van der Waals surface area (Å²) in [7, 11) is 0. The minimum Gasteiger partial charge on any atom is -0.396 e. The van der Waals surface area contributed by atoms with E-state index in [1.807, 2.05) is 0 Å². The van der Waals surface area contributed by atoms with E-state index in [0.717, 1.165) is 6.42 Å². The number of aliphatic hydroxyl groups excluding tert-OH is 1. The van der Waals surface area contributed by atoms with Crippen molar-refractivity contribution in [3.8, 4) is 0 Å². The summed E-state index contributed by atoms with van der Waals surface area (Å²) < 4.78 is 0. The van der Waals surface area contributed by atoms with Gasteiger partial charge in [-0.05, 0) is 49.5 Å². The fourth-order valence-electron chi connectivity index (χ4n) is 3.89. The van der Waals surface area contributed by atoms with Crippen LogP contribution in [0.25, 0.3) is 0 Å². The number of hydrogen-bond acceptors (Lipinski definition) is 1. The van der Waals surface area contributed by atoms with Crippen LogP contribution >= 0.6 is 0 Å². The maximum absolute atomic E-state index is 8.74. The smallest absolute Gasteiger partial charge is 0.0431 e. The predicted octanol–water partition coefficient (Wildman–Crippen LogP) is 8.36. The second kappa shape index (κ2) is 16.8. The van der Waals surface area contributed by atoms with E-state index in [1.165, 1.54) is 95.5 Å². The van der Waals surface area contributed by atoms with Crippen LogP contribution in [0, 0.1) is 0 Å². The Morgan fingerprint density at radius 1 is 0.643 bits per heavy atom. The molecule has 1 nitrogen and oxygen atoms in total. The summed E-state index contributed by atoms with van der Waals surface area (Å²) in [6.07, 6.45) is 24.3. The molecular formula is C27H46O. The summed E-state index contributed by atoms with van der Waals surface area (Å²) in [5.41, 5.74) is 1.79. The first kappa shape index (κ1) is 25.0. The molecule has 0 fully saturated rings. The lowest BCUT2D eigenvalue weighted by molar-refractivity contribution is 0.282.